The minimum atomic E-state index is -0.488. The Morgan fingerprint density at radius 2 is 1.74 bits per heavy atom. The standard InChI is InChI=1S/C24H28N6O4S/c1-12-9-15(14(3)30(12)17-10-13(2)34-27-17)16(31)11-35-20-18-19(25-22(26-20)24(4,5)6)28(7)23(33)29(8)21(18)32/h9-10H,11H2,1-8H3. The summed E-state index contributed by atoms with van der Waals surface area (Å²) in [6.45, 7) is 11.4. The number of hydrogen-bond donors (Lipinski definition) is 0. The molecule has 0 saturated heterocycles. The molecule has 0 aliphatic rings. The maximum Gasteiger partial charge on any atom is 0.332 e. The number of aryl methyl sites for hydroxylation is 3. The summed E-state index contributed by atoms with van der Waals surface area (Å²) in [4.78, 5) is 48.0. The van der Waals surface area contributed by atoms with Crippen LogP contribution in [0.4, 0.5) is 0 Å². The van der Waals surface area contributed by atoms with Gasteiger partial charge in [0, 0.05) is 42.5 Å². The first kappa shape index (κ1) is 24.6. The summed E-state index contributed by atoms with van der Waals surface area (Å²) in [5, 5.41) is 4.67. The molecular weight excluding hydrogens is 468 g/mol. The molecule has 0 atom stereocenters. The van der Waals surface area contributed by atoms with Crippen LogP contribution >= 0.6 is 11.8 Å². The smallest absolute Gasteiger partial charge is 0.332 e. The lowest BCUT2D eigenvalue weighted by molar-refractivity contribution is 0.102. The molecule has 0 aliphatic heterocycles. The molecule has 0 saturated carbocycles. The molecule has 0 bridgehead atoms. The zero-order chi connectivity index (χ0) is 25.8. The van der Waals surface area contributed by atoms with Crippen LogP contribution in [-0.2, 0) is 19.5 Å². The molecule has 0 N–H and O–H groups in total. The fourth-order valence-electron chi connectivity index (χ4n) is 3.94. The van der Waals surface area contributed by atoms with Gasteiger partial charge in [-0.15, -0.1) is 0 Å². The van der Waals surface area contributed by atoms with Crippen LogP contribution in [0.2, 0.25) is 0 Å². The van der Waals surface area contributed by atoms with Crippen molar-refractivity contribution in [3.05, 3.63) is 61.5 Å². The molecular formula is C24H28N6O4S. The molecule has 0 unspecified atom stereocenters. The molecule has 184 valence electrons. The van der Waals surface area contributed by atoms with E-state index in [-0.39, 0.29) is 22.6 Å². The van der Waals surface area contributed by atoms with Crippen molar-refractivity contribution in [2.75, 3.05) is 5.75 Å². The Morgan fingerprint density at radius 1 is 1.06 bits per heavy atom. The van der Waals surface area contributed by atoms with E-state index in [2.05, 4.69) is 15.1 Å². The van der Waals surface area contributed by atoms with Gasteiger partial charge in [-0.25, -0.2) is 14.8 Å². The van der Waals surface area contributed by atoms with Crippen LogP contribution in [0.1, 0.15) is 54.1 Å². The Kier molecular flexibility index (Phi) is 6.08. The monoisotopic (exact) mass is 496 g/mol. The molecule has 35 heavy (non-hydrogen) atoms. The minimum Gasteiger partial charge on any atom is -0.360 e. The Labute approximate surface area is 206 Å². The number of rotatable bonds is 5. The second-order valence-electron chi connectivity index (χ2n) is 9.63. The lowest BCUT2D eigenvalue weighted by atomic mass is 9.96. The number of nitrogens with zero attached hydrogens (tertiary/aromatic N) is 6. The first-order valence-electron chi connectivity index (χ1n) is 11.1. The number of fused-ring (bicyclic) bond motifs is 1. The Hall–Kier alpha value is -3.47. The summed E-state index contributed by atoms with van der Waals surface area (Å²) in [6, 6.07) is 3.63. The van der Waals surface area contributed by atoms with Gasteiger partial charge in [-0.1, -0.05) is 37.7 Å². The Balaban J connectivity index is 1.76. The average molecular weight is 497 g/mol. The van der Waals surface area contributed by atoms with Crippen LogP contribution in [0.5, 0.6) is 0 Å². The number of carbonyl (C=O) groups is 1. The minimum absolute atomic E-state index is 0.0594. The van der Waals surface area contributed by atoms with Crippen molar-refractivity contribution in [3.63, 3.8) is 0 Å². The molecule has 0 aromatic carbocycles. The SMILES string of the molecule is Cc1cc(-n2c(C)cc(C(=O)CSc3nc(C(C)(C)C)nc4c3c(=O)n(C)c(=O)n4C)c2C)no1. The number of thioether (sulfide) groups is 1. The van der Waals surface area contributed by atoms with Gasteiger partial charge in [-0.3, -0.25) is 23.3 Å². The molecule has 4 heterocycles. The van der Waals surface area contributed by atoms with E-state index in [9.17, 15) is 14.4 Å². The van der Waals surface area contributed by atoms with Gasteiger partial charge in [-0.05, 0) is 26.8 Å². The number of hydrogen-bond acceptors (Lipinski definition) is 8. The quantitative estimate of drug-likeness (QED) is 0.235. The lowest BCUT2D eigenvalue weighted by Gasteiger charge is -2.19. The van der Waals surface area contributed by atoms with Crippen LogP contribution in [0.3, 0.4) is 0 Å². The second kappa shape index (κ2) is 8.63. The van der Waals surface area contributed by atoms with Crippen LogP contribution in [0.25, 0.3) is 16.9 Å². The van der Waals surface area contributed by atoms with Crippen molar-refractivity contribution in [1.29, 1.82) is 0 Å². The lowest BCUT2D eigenvalue weighted by Crippen LogP contribution is -2.38. The van der Waals surface area contributed by atoms with Crippen molar-refractivity contribution in [3.8, 4) is 5.82 Å². The fraction of sp³-hybridized carbons (Fsp3) is 0.417. The molecule has 0 radical (unpaired) electrons. The van der Waals surface area contributed by atoms with Crippen LogP contribution in [-0.4, -0.2) is 40.4 Å². The third-order valence-electron chi connectivity index (χ3n) is 5.85. The van der Waals surface area contributed by atoms with Gasteiger partial charge in [-0.2, -0.15) is 0 Å². The van der Waals surface area contributed by atoms with E-state index in [4.69, 9.17) is 4.52 Å². The zero-order valence-electron chi connectivity index (χ0n) is 21.1. The number of ketones is 1. The van der Waals surface area contributed by atoms with Crippen LogP contribution < -0.4 is 11.2 Å². The van der Waals surface area contributed by atoms with Crippen molar-refractivity contribution in [2.24, 2.45) is 14.1 Å². The van der Waals surface area contributed by atoms with Crippen LogP contribution in [0.15, 0.2) is 31.3 Å². The molecule has 10 nitrogen and oxygen atoms in total. The second-order valence-corrected chi connectivity index (χ2v) is 10.6. The number of Topliss-reactive ketones (excluding diaryl/α,β-unsaturated/α-hetero) is 1. The van der Waals surface area contributed by atoms with Crippen molar-refractivity contribution >= 4 is 28.6 Å². The van der Waals surface area contributed by atoms with Gasteiger partial charge in [0.1, 0.15) is 22.0 Å². The fourth-order valence-corrected chi connectivity index (χ4v) is 4.83. The van der Waals surface area contributed by atoms with E-state index in [0.29, 0.717) is 28.0 Å². The van der Waals surface area contributed by atoms with Crippen molar-refractivity contribution in [2.45, 2.75) is 52.0 Å². The predicted octanol–water partition coefficient (Wildman–Crippen LogP) is 3.00. The summed E-state index contributed by atoms with van der Waals surface area (Å²) in [5.74, 6) is 1.73. The summed E-state index contributed by atoms with van der Waals surface area (Å²) in [7, 11) is 2.99. The third-order valence-corrected chi connectivity index (χ3v) is 6.83. The maximum absolute atomic E-state index is 13.3. The summed E-state index contributed by atoms with van der Waals surface area (Å²) >= 11 is 1.17. The van der Waals surface area contributed by atoms with Gasteiger partial charge in [0.25, 0.3) is 5.56 Å². The highest BCUT2D eigenvalue weighted by molar-refractivity contribution is 8.00. The van der Waals surface area contributed by atoms with Gasteiger partial charge < -0.3 is 4.52 Å². The summed E-state index contributed by atoms with van der Waals surface area (Å²) in [5.41, 5.74) is 1.04. The highest BCUT2D eigenvalue weighted by atomic mass is 32.2. The predicted molar refractivity (Wildman–Crippen MR) is 134 cm³/mol. The summed E-state index contributed by atoms with van der Waals surface area (Å²) < 4.78 is 9.44. The molecule has 0 amide bonds. The largest absolute Gasteiger partial charge is 0.360 e. The van der Waals surface area contributed by atoms with E-state index in [1.165, 1.54) is 23.4 Å². The Bertz CT molecular complexity index is 1600. The highest BCUT2D eigenvalue weighted by Gasteiger charge is 2.25. The van der Waals surface area contributed by atoms with Gasteiger partial charge in [0.05, 0.1) is 5.75 Å². The normalized spacial score (nSPS) is 12.0. The third kappa shape index (κ3) is 4.24. The number of carbonyl (C=O) groups excluding carboxylic acids is 1. The molecule has 4 aromatic rings. The molecule has 0 aliphatic carbocycles. The van der Waals surface area contributed by atoms with E-state index >= 15 is 0 Å². The number of aromatic nitrogens is 6. The Morgan fingerprint density at radius 3 is 2.34 bits per heavy atom. The molecule has 4 rings (SSSR count). The maximum atomic E-state index is 13.3. The van der Waals surface area contributed by atoms with Gasteiger partial charge in [0.2, 0.25) is 0 Å². The molecule has 4 aromatic heterocycles. The van der Waals surface area contributed by atoms with E-state index in [1.54, 1.807) is 7.05 Å². The first-order valence-corrected chi connectivity index (χ1v) is 12.1. The molecule has 11 heteroatoms. The van der Waals surface area contributed by atoms with E-state index < -0.39 is 16.7 Å². The van der Waals surface area contributed by atoms with E-state index in [0.717, 1.165) is 16.0 Å². The van der Waals surface area contributed by atoms with Gasteiger partial charge in [0.15, 0.2) is 17.2 Å². The van der Waals surface area contributed by atoms with Crippen LogP contribution in [0, 0.1) is 20.8 Å². The molecule has 0 fully saturated rings. The topological polar surface area (TPSA) is 118 Å². The van der Waals surface area contributed by atoms with Crippen molar-refractivity contribution < 1.29 is 9.32 Å². The highest BCUT2D eigenvalue weighted by Crippen LogP contribution is 2.28. The van der Waals surface area contributed by atoms with Crippen molar-refractivity contribution in [1.82, 2.24) is 28.8 Å². The first-order chi connectivity index (χ1) is 16.3. The van der Waals surface area contributed by atoms with Gasteiger partial charge >= 0.3 is 5.69 Å². The molecule has 0 spiro atoms. The van der Waals surface area contributed by atoms with E-state index in [1.807, 2.05) is 58.2 Å². The average Bonchev–Trinajstić information content (AvgIpc) is 3.34. The summed E-state index contributed by atoms with van der Waals surface area (Å²) in [6.07, 6.45) is 0. The zero-order valence-corrected chi connectivity index (χ0v) is 21.9.